The number of aromatic nitrogens is 2. The Bertz CT molecular complexity index is 856. The molecule has 7 heteroatoms. The van der Waals surface area contributed by atoms with Crippen LogP contribution in [0.25, 0.3) is 0 Å². The fourth-order valence-corrected chi connectivity index (χ4v) is 4.18. The number of hydrogen-bond acceptors (Lipinski definition) is 6. The van der Waals surface area contributed by atoms with E-state index in [0.29, 0.717) is 26.2 Å². The van der Waals surface area contributed by atoms with Gasteiger partial charge in [0.1, 0.15) is 17.5 Å². The Hall–Kier alpha value is -2.09. The number of aliphatic hydroxyl groups is 1. The van der Waals surface area contributed by atoms with Crippen molar-refractivity contribution >= 4 is 5.82 Å². The average Bonchev–Trinajstić information content (AvgIpc) is 2.78. The van der Waals surface area contributed by atoms with Gasteiger partial charge < -0.3 is 14.7 Å². The van der Waals surface area contributed by atoms with Gasteiger partial charge in [-0.1, -0.05) is 32.4 Å². The molecular weight excluding hydrogens is 407 g/mol. The summed E-state index contributed by atoms with van der Waals surface area (Å²) >= 11 is 0. The van der Waals surface area contributed by atoms with Gasteiger partial charge in [-0.15, -0.1) is 0 Å². The number of piperazine rings is 1. The topological polar surface area (TPSA) is 61.7 Å². The molecule has 1 unspecified atom stereocenters. The molecule has 0 radical (unpaired) electrons. The minimum atomic E-state index is -0.463. The maximum Gasteiger partial charge on any atom is 0.136 e. The van der Waals surface area contributed by atoms with Gasteiger partial charge in [-0.3, -0.25) is 4.90 Å². The number of aliphatic hydroxyl groups excluding tert-OH is 1. The monoisotopic (exact) mass is 444 g/mol. The Morgan fingerprint density at radius 2 is 1.94 bits per heavy atom. The van der Waals surface area contributed by atoms with Gasteiger partial charge in [0.25, 0.3) is 0 Å². The van der Waals surface area contributed by atoms with Gasteiger partial charge in [-0.05, 0) is 37.5 Å². The van der Waals surface area contributed by atoms with E-state index in [4.69, 9.17) is 9.72 Å². The van der Waals surface area contributed by atoms with Crippen LogP contribution in [0.5, 0.6) is 0 Å². The lowest BCUT2D eigenvalue weighted by Gasteiger charge is -2.37. The predicted octanol–water partition coefficient (Wildman–Crippen LogP) is 3.38. The highest BCUT2D eigenvalue weighted by molar-refractivity contribution is 5.52. The van der Waals surface area contributed by atoms with Crippen molar-refractivity contribution in [2.75, 3.05) is 50.8 Å². The van der Waals surface area contributed by atoms with Gasteiger partial charge in [-0.2, -0.15) is 0 Å². The van der Waals surface area contributed by atoms with Gasteiger partial charge >= 0.3 is 0 Å². The van der Waals surface area contributed by atoms with Crippen LogP contribution in [-0.2, 0) is 17.6 Å². The third-order valence-corrected chi connectivity index (χ3v) is 5.88. The molecule has 1 aromatic heterocycles. The predicted molar refractivity (Wildman–Crippen MR) is 126 cm³/mol. The normalized spacial score (nSPS) is 15.8. The molecule has 1 aliphatic heterocycles. The second-order valence-electron chi connectivity index (χ2n) is 8.55. The number of halogens is 1. The number of ether oxygens (including phenoxy) is 1. The smallest absolute Gasteiger partial charge is 0.136 e. The molecule has 0 aliphatic carbocycles. The lowest BCUT2D eigenvalue weighted by molar-refractivity contribution is 0.0150. The minimum absolute atomic E-state index is 0.221. The van der Waals surface area contributed by atoms with Crippen LogP contribution in [0.15, 0.2) is 24.3 Å². The first-order valence-electron chi connectivity index (χ1n) is 11.8. The van der Waals surface area contributed by atoms with E-state index in [0.717, 1.165) is 73.9 Å². The standard InChI is InChI=1S/C25H37FN4O2/c1-4-6-14-32-18-22(31)17-29-10-12-30(13-11-29)25-23(24(5-2)27-19(3)28-25)16-20-8-7-9-21(26)15-20/h7-9,15,22,31H,4-6,10-14,16-18H2,1-3H3. The molecule has 6 nitrogen and oxygen atoms in total. The van der Waals surface area contributed by atoms with Crippen LogP contribution in [-0.4, -0.2) is 72.0 Å². The molecule has 2 heterocycles. The summed E-state index contributed by atoms with van der Waals surface area (Å²) in [6, 6.07) is 6.76. The first kappa shape index (κ1) is 24.6. The van der Waals surface area contributed by atoms with Crippen molar-refractivity contribution in [1.82, 2.24) is 14.9 Å². The van der Waals surface area contributed by atoms with Crippen molar-refractivity contribution < 1.29 is 14.2 Å². The number of aryl methyl sites for hydroxylation is 2. The summed E-state index contributed by atoms with van der Waals surface area (Å²) in [7, 11) is 0. The Balaban J connectivity index is 1.66. The molecule has 32 heavy (non-hydrogen) atoms. The zero-order valence-corrected chi connectivity index (χ0v) is 19.7. The molecule has 176 valence electrons. The number of hydrogen-bond donors (Lipinski definition) is 1. The first-order chi connectivity index (χ1) is 15.5. The first-order valence-corrected chi connectivity index (χ1v) is 11.8. The van der Waals surface area contributed by atoms with Crippen molar-refractivity contribution in [1.29, 1.82) is 0 Å². The van der Waals surface area contributed by atoms with Crippen LogP contribution in [0, 0.1) is 12.7 Å². The Morgan fingerprint density at radius 3 is 2.62 bits per heavy atom. The third-order valence-electron chi connectivity index (χ3n) is 5.88. The van der Waals surface area contributed by atoms with E-state index in [1.165, 1.54) is 6.07 Å². The maximum atomic E-state index is 13.8. The number of nitrogens with zero attached hydrogens (tertiary/aromatic N) is 4. The van der Waals surface area contributed by atoms with Crippen molar-refractivity contribution in [2.45, 2.75) is 52.6 Å². The highest BCUT2D eigenvalue weighted by atomic mass is 19.1. The molecule has 0 bridgehead atoms. The molecule has 0 amide bonds. The molecule has 1 saturated heterocycles. The average molecular weight is 445 g/mol. The largest absolute Gasteiger partial charge is 0.389 e. The zero-order chi connectivity index (χ0) is 22.9. The molecule has 1 fully saturated rings. The molecule has 1 aromatic carbocycles. The highest BCUT2D eigenvalue weighted by Crippen LogP contribution is 2.26. The summed E-state index contributed by atoms with van der Waals surface area (Å²) in [5.74, 6) is 1.50. The second-order valence-corrected chi connectivity index (χ2v) is 8.55. The quantitative estimate of drug-likeness (QED) is 0.536. The fourth-order valence-electron chi connectivity index (χ4n) is 4.18. The van der Waals surface area contributed by atoms with E-state index in [1.807, 2.05) is 13.0 Å². The highest BCUT2D eigenvalue weighted by Gasteiger charge is 2.24. The number of unbranched alkanes of at least 4 members (excludes halogenated alkanes) is 1. The number of β-amino-alcohol motifs (C(OH)–C–C–N with tert-alkyl or cyclic N) is 1. The molecule has 3 rings (SSSR count). The lowest BCUT2D eigenvalue weighted by Crippen LogP contribution is -2.49. The summed E-state index contributed by atoms with van der Waals surface area (Å²) in [6.45, 7) is 11.3. The molecule has 1 atom stereocenters. The summed E-state index contributed by atoms with van der Waals surface area (Å²) in [4.78, 5) is 14.1. The second kappa shape index (κ2) is 12.2. The van der Waals surface area contributed by atoms with Gasteiger partial charge in [-0.25, -0.2) is 14.4 Å². The number of benzene rings is 1. The van der Waals surface area contributed by atoms with Crippen molar-refractivity contribution in [2.24, 2.45) is 0 Å². The van der Waals surface area contributed by atoms with Crippen LogP contribution >= 0.6 is 0 Å². The van der Waals surface area contributed by atoms with E-state index in [2.05, 4.69) is 28.6 Å². The van der Waals surface area contributed by atoms with Crippen LogP contribution in [0.1, 0.15) is 49.3 Å². The van der Waals surface area contributed by atoms with Crippen LogP contribution in [0.3, 0.4) is 0 Å². The Labute approximate surface area is 191 Å². The number of rotatable bonds is 11. The molecular formula is C25H37FN4O2. The van der Waals surface area contributed by atoms with E-state index in [1.54, 1.807) is 12.1 Å². The summed E-state index contributed by atoms with van der Waals surface area (Å²) in [6.07, 6.45) is 3.09. The van der Waals surface area contributed by atoms with Crippen molar-refractivity contribution in [3.8, 4) is 0 Å². The van der Waals surface area contributed by atoms with Crippen molar-refractivity contribution in [3.63, 3.8) is 0 Å². The van der Waals surface area contributed by atoms with E-state index < -0.39 is 6.10 Å². The third kappa shape index (κ3) is 6.95. The number of anilines is 1. The summed E-state index contributed by atoms with van der Waals surface area (Å²) in [5.41, 5.74) is 3.04. The molecule has 1 N–H and O–H groups in total. The van der Waals surface area contributed by atoms with E-state index in [-0.39, 0.29) is 5.82 Å². The minimum Gasteiger partial charge on any atom is -0.389 e. The van der Waals surface area contributed by atoms with Crippen LogP contribution < -0.4 is 4.90 Å². The van der Waals surface area contributed by atoms with Gasteiger partial charge in [0, 0.05) is 57.0 Å². The van der Waals surface area contributed by atoms with Crippen LogP contribution in [0.4, 0.5) is 10.2 Å². The summed E-state index contributed by atoms with van der Waals surface area (Å²) in [5, 5.41) is 10.3. The Kier molecular flexibility index (Phi) is 9.38. The Morgan fingerprint density at radius 1 is 1.16 bits per heavy atom. The van der Waals surface area contributed by atoms with Gasteiger partial charge in [0.15, 0.2) is 0 Å². The molecule has 2 aromatic rings. The van der Waals surface area contributed by atoms with Gasteiger partial charge in [0.05, 0.1) is 12.7 Å². The lowest BCUT2D eigenvalue weighted by atomic mass is 10.0. The summed E-state index contributed by atoms with van der Waals surface area (Å²) < 4.78 is 19.3. The fraction of sp³-hybridized carbons (Fsp3) is 0.600. The maximum absolute atomic E-state index is 13.8. The van der Waals surface area contributed by atoms with E-state index >= 15 is 0 Å². The molecule has 0 spiro atoms. The molecule has 0 saturated carbocycles. The molecule has 1 aliphatic rings. The van der Waals surface area contributed by atoms with E-state index in [9.17, 15) is 9.50 Å². The van der Waals surface area contributed by atoms with Crippen molar-refractivity contribution in [3.05, 3.63) is 52.7 Å². The SMILES string of the molecule is CCCCOCC(O)CN1CCN(c2nc(C)nc(CC)c2Cc2cccc(F)c2)CC1. The van der Waals surface area contributed by atoms with Crippen LogP contribution in [0.2, 0.25) is 0 Å². The van der Waals surface area contributed by atoms with Gasteiger partial charge in [0.2, 0.25) is 0 Å². The zero-order valence-electron chi connectivity index (χ0n) is 19.7.